The predicted octanol–water partition coefficient (Wildman–Crippen LogP) is 2.91. The molecule has 0 aliphatic carbocycles. The lowest BCUT2D eigenvalue weighted by Crippen LogP contribution is -2.14. The minimum atomic E-state index is -0.329. The van der Waals surface area contributed by atoms with Gasteiger partial charge in [-0.1, -0.05) is 19.1 Å². The fourth-order valence-corrected chi connectivity index (χ4v) is 1.85. The van der Waals surface area contributed by atoms with Gasteiger partial charge in [-0.25, -0.2) is 20.2 Å². The number of aryl methyl sites for hydroxylation is 1. The first-order chi connectivity index (χ1) is 9.65. The molecule has 0 unspecified atom stereocenters. The van der Waals surface area contributed by atoms with Crippen LogP contribution in [0, 0.1) is 12.7 Å². The van der Waals surface area contributed by atoms with Crippen molar-refractivity contribution < 1.29 is 4.39 Å². The van der Waals surface area contributed by atoms with Crippen molar-refractivity contribution in [2.75, 3.05) is 10.7 Å². The molecule has 0 amide bonds. The summed E-state index contributed by atoms with van der Waals surface area (Å²) in [6.07, 6.45) is 1.66. The molecule has 1 heterocycles. The zero-order valence-corrected chi connectivity index (χ0v) is 11.6. The number of hydrazine groups is 1. The molecule has 0 bridgehead atoms. The van der Waals surface area contributed by atoms with Gasteiger partial charge < -0.3 is 10.7 Å². The number of anilines is 3. The van der Waals surface area contributed by atoms with Gasteiger partial charge in [-0.05, 0) is 25.5 Å². The van der Waals surface area contributed by atoms with Crippen LogP contribution < -0.4 is 16.6 Å². The Balaban J connectivity index is 2.39. The molecule has 1 aromatic heterocycles. The number of para-hydroxylation sites is 1. The maximum atomic E-state index is 13.7. The van der Waals surface area contributed by atoms with Gasteiger partial charge >= 0.3 is 0 Å². The lowest BCUT2D eigenvalue weighted by atomic mass is 10.2. The van der Waals surface area contributed by atoms with Crippen LogP contribution in [0.5, 0.6) is 0 Å². The maximum Gasteiger partial charge on any atom is 0.148 e. The Morgan fingerprint density at radius 2 is 1.90 bits per heavy atom. The second-order valence-electron chi connectivity index (χ2n) is 4.46. The van der Waals surface area contributed by atoms with Crippen molar-refractivity contribution in [3.8, 4) is 0 Å². The van der Waals surface area contributed by atoms with Crippen LogP contribution in [-0.2, 0) is 6.42 Å². The lowest BCUT2D eigenvalue weighted by molar-refractivity contribution is 0.631. The summed E-state index contributed by atoms with van der Waals surface area (Å²) in [4.78, 5) is 8.75. The van der Waals surface area contributed by atoms with E-state index < -0.39 is 0 Å². The summed E-state index contributed by atoms with van der Waals surface area (Å²) >= 11 is 0. The minimum absolute atomic E-state index is 0.329. The van der Waals surface area contributed by atoms with Gasteiger partial charge in [-0.3, -0.25) is 0 Å². The molecular formula is C14H18FN5. The molecule has 0 aliphatic heterocycles. The highest BCUT2D eigenvalue weighted by molar-refractivity contribution is 5.64. The molecule has 5 nitrogen and oxygen atoms in total. The van der Waals surface area contributed by atoms with Crippen molar-refractivity contribution >= 4 is 17.3 Å². The van der Waals surface area contributed by atoms with E-state index >= 15 is 0 Å². The molecule has 6 heteroatoms. The Bertz CT molecular complexity index is 600. The van der Waals surface area contributed by atoms with Crippen molar-refractivity contribution in [3.63, 3.8) is 0 Å². The summed E-state index contributed by atoms with van der Waals surface area (Å²) in [5.74, 6) is 6.91. The standard InChI is InChI=1S/C14H18FN5/c1-3-6-12-18-13(9(2)14(19-12)20-16)17-11-8-5-4-7-10(11)15/h4-5,7-8H,3,6,16H2,1-2H3,(H2,17,18,19,20). The highest BCUT2D eigenvalue weighted by Gasteiger charge is 2.11. The van der Waals surface area contributed by atoms with Gasteiger partial charge in [0.1, 0.15) is 23.3 Å². The van der Waals surface area contributed by atoms with Gasteiger partial charge in [-0.15, -0.1) is 0 Å². The second kappa shape index (κ2) is 6.29. The third-order valence-corrected chi connectivity index (χ3v) is 2.93. The average molecular weight is 275 g/mol. The van der Waals surface area contributed by atoms with Gasteiger partial charge in [0.05, 0.1) is 5.69 Å². The van der Waals surface area contributed by atoms with Gasteiger partial charge in [0.2, 0.25) is 0 Å². The maximum absolute atomic E-state index is 13.7. The fraction of sp³-hybridized carbons (Fsp3) is 0.286. The van der Waals surface area contributed by atoms with Crippen molar-refractivity contribution in [3.05, 3.63) is 41.5 Å². The van der Waals surface area contributed by atoms with E-state index in [9.17, 15) is 4.39 Å². The van der Waals surface area contributed by atoms with Crippen molar-refractivity contribution in [1.82, 2.24) is 9.97 Å². The number of aromatic nitrogens is 2. The molecule has 0 radical (unpaired) electrons. The SMILES string of the molecule is CCCc1nc(NN)c(C)c(Nc2ccccc2F)n1. The molecule has 0 aliphatic rings. The van der Waals surface area contributed by atoms with Crippen LogP contribution >= 0.6 is 0 Å². The Morgan fingerprint density at radius 3 is 2.55 bits per heavy atom. The topological polar surface area (TPSA) is 75.9 Å². The molecule has 0 spiro atoms. The van der Waals surface area contributed by atoms with Crippen molar-refractivity contribution in [2.24, 2.45) is 5.84 Å². The summed E-state index contributed by atoms with van der Waals surface area (Å²) in [6.45, 7) is 3.87. The minimum Gasteiger partial charge on any atom is -0.337 e. The van der Waals surface area contributed by atoms with Gasteiger partial charge in [0.25, 0.3) is 0 Å². The third-order valence-electron chi connectivity index (χ3n) is 2.93. The molecule has 20 heavy (non-hydrogen) atoms. The van der Waals surface area contributed by atoms with Crippen molar-refractivity contribution in [2.45, 2.75) is 26.7 Å². The zero-order chi connectivity index (χ0) is 14.5. The van der Waals surface area contributed by atoms with E-state index in [0.717, 1.165) is 18.4 Å². The van der Waals surface area contributed by atoms with E-state index in [0.29, 0.717) is 23.1 Å². The summed E-state index contributed by atoms with van der Waals surface area (Å²) in [7, 11) is 0. The Morgan fingerprint density at radius 1 is 1.20 bits per heavy atom. The van der Waals surface area contributed by atoms with Crippen LogP contribution in [0.3, 0.4) is 0 Å². The monoisotopic (exact) mass is 275 g/mol. The summed E-state index contributed by atoms with van der Waals surface area (Å²) in [5, 5.41) is 2.99. The number of benzene rings is 1. The lowest BCUT2D eigenvalue weighted by Gasteiger charge is -2.13. The normalized spacial score (nSPS) is 10.4. The van der Waals surface area contributed by atoms with Crippen molar-refractivity contribution in [1.29, 1.82) is 0 Å². The van der Waals surface area contributed by atoms with E-state index in [1.54, 1.807) is 18.2 Å². The predicted molar refractivity (Wildman–Crippen MR) is 78.3 cm³/mol. The fourth-order valence-electron chi connectivity index (χ4n) is 1.85. The molecule has 0 fully saturated rings. The number of halogens is 1. The van der Waals surface area contributed by atoms with Crippen LogP contribution in [0.25, 0.3) is 0 Å². The number of hydrogen-bond acceptors (Lipinski definition) is 5. The molecule has 0 saturated carbocycles. The number of nitrogens with two attached hydrogens (primary N) is 1. The molecule has 0 saturated heterocycles. The number of nitrogens with zero attached hydrogens (tertiary/aromatic N) is 2. The van der Waals surface area contributed by atoms with Crippen LogP contribution in [-0.4, -0.2) is 9.97 Å². The first-order valence-electron chi connectivity index (χ1n) is 6.51. The van der Waals surface area contributed by atoms with Gasteiger partial charge in [0, 0.05) is 12.0 Å². The summed E-state index contributed by atoms with van der Waals surface area (Å²) in [6, 6.07) is 6.46. The number of nitrogen functional groups attached to an aromatic ring is 1. The molecule has 0 atom stereocenters. The van der Waals surface area contributed by atoms with Crippen LogP contribution in [0.4, 0.5) is 21.7 Å². The van der Waals surface area contributed by atoms with E-state index in [1.807, 2.05) is 13.8 Å². The van der Waals surface area contributed by atoms with E-state index in [4.69, 9.17) is 5.84 Å². The molecule has 2 rings (SSSR count). The largest absolute Gasteiger partial charge is 0.337 e. The zero-order valence-electron chi connectivity index (χ0n) is 11.6. The Hall–Kier alpha value is -2.21. The number of rotatable bonds is 5. The molecule has 2 aromatic rings. The summed E-state index contributed by atoms with van der Waals surface area (Å²) < 4.78 is 13.7. The van der Waals surface area contributed by atoms with Gasteiger partial charge in [0.15, 0.2) is 0 Å². The molecular weight excluding hydrogens is 257 g/mol. The van der Waals surface area contributed by atoms with E-state index in [-0.39, 0.29) is 5.82 Å². The molecule has 1 aromatic carbocycles. The highest BCUT2D eigenvalue weighted by Crippen LogP contribution is 2.24. The van der Waals surface area contributed by atoms with Crippen LogP contribution in [0.1, 0.15) is 24.7 Å². The third kappa shape index (κ3) is 3.03. The van der Waals surface area contributed by atoms with Crippen LogP contribution in [0.2, 0.25) is 0 Å². The molecule has 106 valence electrons. The smallest absolute Gasteiger partial charge is 0.148 e. The van der Waals surface area contributed by atoms with Gasteiger partial charge in [-0.2, -0.15) is 0 Å². The second-order valence-corrected chi connectivity index (χ2v) is 4.46. The Kier molecular flexibility index (Phi) is 4.47. The Labute approximate surface area is 117 Å². The number of hydrogen-bond donors (Lipinski definition) is 3. The molecule has 4 N–H and O–H groups in total. The highest BCUT2D eigenvalue weighted by atomic mass is 19.1. The first-order valence-corrected chi connectivity index (χ1v) is 6.51. The summed E-state index contributed by atoms with van der Waals surface area (Å²) in [5.41, 5.74) is 3.67. The first kappa shape index (κ1) is 14.2. The van der Waals surface area contributed by atoms with Crippen LogP contribution in [0.15, 0.2) is 24.3 Å². The number of nitrogens with one attached hydrogen (secondary N) is 2. The quantitative estimate of drug-likeness (QED) is 0.578. The van der Waals surface area contributed by atoms with E-state index in [2.05, 4.69) is 20.7 Å². The average Bonchev–Trinajstić information content (AvgIpc) is 2.45. The van der Waals surface area contributed by atoms with E-state index in [1.165, 1.54) is 6.07 Å².